The summed E-state index contributed by atoms with van der Waals surface area (Å²) >= 11 is 0. The molecule has 2 aromatic rings. The van der Waals surface area contributed by atoms with Crippen LogP contribution < -0.4 is 0 Å². The van der Waals surface area contributed by atoms with Crippen molar-refractivity contribution in [1.82, 2.24) is 4.90 Å². The van der Waals surface area contributed by atoms with Gasteiger partial charge in [0.15, 0.2) is 5.78 Å². The third-order valence-electron chi connectivity index (χ3n) is 5.53. The Hall–Kier alpha value is -2.04. The predicted octanol–water partition coefficient (Wildman–Crippen LogP) is 3.38. The van der Waals surface area contributed by atoms with Gasteiger partial charge in [-0.2, -0.15) is 0 Å². The molecular weight excluding hydrogens is 317 g/mol. The summed E-state index contributed by atoms with van der Waals surface area (Å²) in [6.45, 7) is 2.24. The van der Waals surface area contributed by atoms with Crippen molar-refractivity contribution in [1.29, 1.82) is 0 Å². The molecule has 3 atom stereocenters. The van der Waals surface area contributed by atoms with E-state index < -0.39 is 0 Å². The van der Waals surface area contributed by atoms with E-state index >= 15 is 0 Å². The first-order chi connectivity index (χ1) is 12.1. The summed E-state index contributed by atoms with van der Waals surface area (Å²) in [5.41, 5.74) is 2.52. The predicted molar refractivity (Wildman–Crippen MR) is 94.8 cm³/mol. The molecule has 0 spiro atoms. The Morgan fingerprint density at radius 2 is 1.72 bits per heavy atom. The van der Waals surface area contributed by atoms with Gasteiger partial charge in [-0.15, -0.1) is 0 Å². The molecule has 1 aliphatic carbocycles. The number of fused-ring (bicyclic) bond motifs is 1. The number of likely N-dealkylation sites (tertiary alicyclic amines) is 1. The molecule has 4 heteroatoms. The zero-order chi connectivity index (χ0) is 17.4. The molecule has 2 aromatic carbocycles. The Morgan fingerprint density at radius 1 is 1.04 bits per heavy atom. The standard InChI is InChI=1S/C21H22FNO2/c22-19-6-4-14(5-7-19)15-2-1-3-16(8-15)21(25)13-23-11-17-9-20(24)10-18(17)12-23/h1-8,17-18,20,24H,9-13H2/t17-,18+,20?. The number of carbonyl (C=O) groups is 1. The summed E-state index contributed by atoms with van der Waals surface area (Å²) in [6, 6.07) is 13.9. The lowest BCUT2D eigenvalue weighted by Gasteiger charge is -2.17. The first-order valence-corrected chi connectivity index (χ1v) is 8.88. The van der Waals surface area contributed by atoms with Crippen molar-refractivity contribution in [3.63, 3.8) is 0 Å². The molecule has 2 fully saturated rings. The van der Waals surface area contributed by atoms with Gasteiger partial charge in [0.1, 0.15) is 5.82 Å². The Morgan fingerprint density at radius 3 is 2.40 bits per heavy atom. The monoisotopic (exact) mass is 339 g/mol. The molecule has 1 saturated heterocycles. The Bertz CT molecular complexity index is 760. The Balaban J connectivity index is 1.44. The van der Waals surface area contributed by atoms with Gasteiger partial charge < -0.3 is 5.11 Å². The number of aliphatic hydroxyl groups excluding tert-OH is 1. The summed E-state index contributed by atoms with van der Waals surface area (Å²) in [6.07, 6.45) is 1.59. The van der Waals surface area contributed by atoms with Crippen molar-refractivity contribution >= 4 is 5.78 Å². The van der Waals surface area contributed by atoms with Crippen LogP contribution in [0.5, 0.6) is 0 Å². The molecule has 0 radical (unpaired) electrons. The van der Waals surface area contributed by atoms with E-state index in [1.807, 2.05) is 24.3 Å². The Labute approximate surface area is 147 Å². The Kier molecular flexibility index (Phi) is 4.40. The SMILES string of the molecule is O=C(CN1C[C@H]2CC(O)C[C@H]2C1)c1cccc(-c2ccc(F)cc2)c1. The maximum absolute atomic E-state index is 13.1. The van der Waals surface area contributed by atoms with Crippen LogP contribution in [-0.4, -0.2) is 41.5 Å². The van der Waals surface area contributed by atoms with Crippen LogP contribution in [0.4, 0.5) is 4.39 Å². The molecule has 1 N–H and O–H groups in total. The van der Waals surface area contributed by atoms with E-state index in [1.54, 1.807) is 12.1 Å². The van der Waals surface area contributed by atoms with Crippen LogP contribution in [0.15, 0.2) is 48.5 Å². The highest BCUT2D eigenvalue weighted by Crippen LogP contribution is 2.37. The summed E-state index contributed by atoms with van der Waals surface area (Å²) < 4.78 is 13.1. The largest absolute Gasteiger partial charge is 0.393 e. The van der Waals surface area contributed by atoms with Crippen LogP contribution >= 0.6 is 0 Å². The summed E-state index contributed by atoms with van der Waals surface area (Å²) in [5, 5.41) is 9.73. The van der Waals surface area contributed by atoms with Gasteiger partial charge in [0.05, 0.1) is 12.6 Å². The van der Waals surface area contributed by atoms with E-state index in [4.69, 9.17) is 0 Å². The molecule has 0 amide bonds. The van der Waals surface area contributed by atoms with Crippen molar-refractivity contribution in [3.05, 3.63) is 59.9 Å². The van der Waals surface area contributed by atoms with Gasteiger partial charge in [0, 0.05) is 18.7 Å². The molecule has 1 heterocycles. The first kappa shape index (κ1) is 16.4. The highest BCUT2D eigenvalue weighted by molar-refractivity contribution is 5.98. The van der Waals surface area contributed by atoms with Crippen LogP contribution in [0.2, 0.25) is 0 Å². The van der Waals surface area contributed by atoms with Gasteiger partial charge in [-0.25, -0.2) is 4.39 Å². The lowest BCUT2D eigenvalue weighted by molar-refractivity contribution is 0.0935. The lowest BCUT2D eigenvalue weighted by atomic mass is 10.0. The molecule has 130 valence electrons. The van der Waals surface area contributed by atoms with E-state index in [-0.39, 0.29) is 17.7 Å². The van der Waals surface area contributed by atoms with Gasteiger partial charge >= 0.3 is 0 Å². The van der Waals surface area contributed by atoms with Crippen LogP contribution in [0.25, 0.3) is 11.1 Å². The normalized spacial score (nSPS) is 25.9. The molecule has 1 aliphatic heterocycles. The van der Waals surface area contributed by atoms with E-state index in [9.17, 15) is 14.3 Å². The summed E-state index contributed by atoms with van der Waals surface area (Å²) in [5.74, 6) is 0.923. The summed E-state index contributed by atoms with van der Waals surface area (Å²) in [7, 11) is 0. The van der Waals surface area contributed by atoms with Crippen molar-refractivity contribution < 1.29 is 14.3 Å². The lowest BCUT2D eigenvalue weighted by Crippen LogP contribution is -2.29. The second-order valence-corrected chi connectivity index (χ2v) is 7.35. The fourth-order valence-corrected chi connectivity index (χ4v) is 4.30. The minimum atomic E-state index is -0.263. The van der Waals surface area contributed by atoms with Gasteiger partial charge in [-0.1, -0.05) is 30.3 Å². The van der Waals surface area contributed by atoms with Gasteiger partial charge in [0.2, 0.25) is 0 Å². The third kappa shape index (κ3) is 3.51. The molecular formula is C21H22FNO2. The number of benzene rings is 2. The quantitative estimate of drug-likeness (QED) is 0.868. The topological polar surface area (TPSA) is 40.5 Å². The number of ketones is 1. The molecule has 1 unspecified atom stereocenters. The number of halogens is 1. The molecule has 1 saturated carbocycles. The van der Waals surface area contributed by atoms with E-state index in [0.29, 0.717) is 23.9 Å². The minimum absolute atomic E-state index is 0.115. The number of Topliss-reactive ketones (excluding diaryl/α,β-unsaturated/α-hetero) is 1. The second-order valence-electron chi connectivity index (χ2n) is 7.35. The highest BCUT2D eigenvalue weighted by atomic mass is 19.1. The highest BCUT2D eigenvalue weighted by Gasteiger charge is 2.40. The van der Waals surface area contributed by atoms with E-state index in [2.05, 4.69) is 4.90 Å². The van der Waals surface area contributed by atoms with Crippen LogP contribution in [0.1, 0.15) is 23.2 Å². The van der Waals surface area contributed by atoms with Crippen LogP contribution in [-0.2, 0) is 0 Å². The summed E-state index contributed by atoms with van der Waals surface area (Å²) in [4.78, 5) is 14.9. The van der Waals surface area contributed by atoms with Crippen molar-refractivity contribution in [2.75, 3.05) is 19.6 Å². The maximum atomic E-state index is 13.1. The van der Waals surface area contributed by atoms with Crippen LogP contribution in [0.3, 0.4) is 0 Å². The number of aliphatic hydroxyl groups is 1. The number of hydrogen-bond acceptors (Lipinski definition) is 3. The minimum Gasteiger partial charge on any atom is -0.393 e. The third-order valence-corrected chi connectivity index (χ3v) is 5.53. The number of nitrogens with zero attached hydrogens (tertiary/aromatic N) is 1. The first-order valence-electron chi connectivity index (χ1n) is 8.88. The molecule has 25 heavy (non-hydrogen) atoms. The average molecular weight is 339 g/mol. The zero-order valence-electron chi connectivity index (χ0n) is 14.1. The average Bonchev–Trinajstić information content (AvgIpc) is 3.12. The molecule has 0 bridgehead atoms. The molecule has 2 aliphatic rings. The van der Waals surface area contributed by atoms with Gasteiger partial charge in [-0.05, 0) is 54.0 Å². The fourth-order valence-electron chi connectivity index (χ4n) is 4.30. The van der Waals surface area contributed by atoms with Crippen molar-refractivity contribution in [3.8, 4) is 11.1 Å². The van der Waals surface area contributed by atoms with E-state index in [1.165, 1.54) is 12.1 Å². The van der Waals surface area contributed by atoms with E-state index in [0.717, 1.165) is 37.1 Å². The van der Waals surface area contributed by atoms with Crippen LogP contribution in [0, 0.1) is 17.7 Å². The van der Waals surface area contributed by atoms with Gasteiger partial charge in [-0.3, -0.25) is 9.69 Å². The zero-order valence-corrected chi connectivity index (χ0v) is 14.1. The number of carbonyl (C=O) groups excluding carboxylic acids is 1. The maximum Gasteiger partial charge on any atom is 0.176 e. The second kappa shape index (κ2) is 6.70. The molecule has 3 nitrogen and oxygen atoms in total. The fraction of sp³-hybridized carbons (Fsp3) is 0.381. The smallest absolute Gasteiger partial charge is 0.176 e. The number of rotatable bonds is 4. The van der Waals surface area contributed by atoms with Crippen molar-refractivity contribution in [2.24, 2.45) is 11.8 Å². The molecule has 4 rings (SSSR count). The van der Waals surface area contributed by atoms with Crippen molar-refractivity contribution in [2.45, 2.75) is 18.9 Å². The van der Waals surface area contributed by atoms with Gasteiger partial charge in [0.25, 0.3) is 0 Å². The molecule has 0 aromatic heterocycles. The number of hydrogen-bond donors (Lipinski definition) is 1.